The summed E-state index contributed by atoms with van der Waals surface area (Å²) in [5.74, 6) is 0. The van der Waals surface area contributed by atoms with E-state index >= 15 is 0 Å². The van der Waals surface area contributed by atoms with E-state index in [1.165, 1.54) is 89.9 Å². The molecule has 4 heteroatoms. The Balaban J connectivity index is 0. The molecule has 0 unspecified atom stereocenters. The molecule has 0 fully saturated rings. The molecule has 0 aromatic heterocycles. The number of unbranched alkanes of at least 4 members (excludes halogenated alkanes) is 13. The maximum atomic E-state index is 5.37. The molecule has 0 aromatic carbocycles. The third-order valence-electron chi connectivity index (χ3n) is 3.83. The van der Waals surface area contributed by atoms with E-state index in [1.807, 2.05) is 0 Å². The van der Waals surface area contributed by atoms with Gasteiger partial charge in [0.2, 0.25) is 0 Å². The van der Waals surface area contributed by atoms with Gasteiger partial charge in [0, 0.05) is 6.54 Å². The van der Waals surface area contributed by atoms with E-state index in [0.717, 1.165) is 6.54 Å². The topological polar surface area (TPSA) is 38.0 Å². The van der Waals surface area contributed by atoms with E-state index in [1.54, 1.807) is 0 Å². The molecule has 0 saturated carbocycles. The predicted molar refractivity (Wildman–Crippen MR) is 105 cm³/mol. The van der Waals surface area contributed by atoms with E-state index in [4.69, 9.17) is 18.0 Å². The molecular formula is C17H37BrN2S. The van der Waals surface area contributed by atoms with Crippen molar-refractivity contribution in [3.63, 3.8) is 0 Å². The highest BCUT2D eigenvalue weighted by Gasteiger charge is 1.94. The monoisotopic (exact) mass is 380 g/mol. The summed E-state index contributed by atoms with van der Waals surface area (Å²) < 4.78 is 0. The lowest BCUT2D eigenvalue weighted by Gasteiger charge is -2.04. The van der Waals surface area contributed by atoms with Crippen LogP contribution in [0, 0.1) is 0 Å². The van der Waals surface area contributed by atoms with Crippen LogP contribution in [-0.2, 0) is 0 Å². The van der Waals surface area contributed by atoms with Crippen LogP contribution in [0.3, 0.4) is 0 Å². The average molecular weight is 381 g/mol. The van der Waals surface area contributed by atoms with Crippen molar-refractivity contribution < 1.29 is 0 Å². The van der Waals surface area contributed by atoms with Gasteiger partial charge in [-0.05, 0) is 18.6 Å². The number of nitrogens with two attached hydrogens (primary N) is 1. The summed E-state index contributed by atoms with van der Waals surface area (Å²) in [7, 11) is 0. The van der Waals surface area contributed by atoms with E-state index < -0.39 is 0 Å². The van der Waals surface area contributed by atoms with Crippen molar-refractivity contribution in [3.8, 4) is 0 Å². The molecule has 0 saturated heterocycles. The molecule has 21 heavy (non-hydrogen) atoms. The third-order valence-corrected chi connectivity index (χ3v) is 3.97. The van der Waals surface area contributed by atoms with Crippen molar-refractivity contribution >= 4 is 34.3 Å². The van der Waals surface area contributed by atoms with Crippen molar-refractivity contribution in [1.29, 1.82) is 0 Å². The number of hydrogen-bond acceptors (Lipinski definition) is 1. The molecular weight excluding hydrogens is 344 g/mol. The van der Waals surface area contributed by atoms with Gasteiger partial charge in [0.1, 0.15) is 0 Å². The molecule has 2 nitrogen and oxygen atoms in total. The van der Waals surface area contributed by atoms with Gasteiger partial charge in [-0.25, -0.2) is 0 Å². The molecule has 0 aromatic rings. The van der Waals surface area contributed by atoms with E-state index in [9.17, 15) is 0 Å². The highest BCUT2D eigenvalue weighted by atomic mass is 79.9. The van der Waals surface area contributed by atoms with Crippen LogP contribution in [0.25, 0.3) is 0 Å². The van der Waals surface area contributed by atoms with Gasteiger partial charge in [-0.15, -0.1) is 17.0 Å². The lowest BCUT2D eigenvalue weighted by Crippen LogP contribution is -2.29. The fourth-order valence-corrected chi connectivity index (χ4v) is 2.63. The first-order valence-corrected chi connectivity index (χ1v) is 9.21. The second kappa shape index (κ2) is 20.2. The van der Waals surface area contributed by atoms with Crippen molar-refractivity contribution in [1.82, 2.24) is 5.32 Å². The maximum absolute atomic E-state index is 5.37. The Morgan fingerprint density at radius 2 is 1.05 bits per heavy atom. The van der Waals surface area contributed by atoms with Gasteiger partial charge in [-0.3, -0.25) is 0 Å². The second-order valence-corrected chi connectivity index (χ2v) is 6.33. The molecule has 0 radical (unpaired) electrons. The standard InChI is InChI=1S/C17H36N2S.BrH/c1-2-3-4-5-6-7-8-9-10-11-12-13-14-15-16-19-17(18)20;/h2-16H2,1H3,(H3,18,19,20);1H. The molecule has 0 aliphatic rings. The summed E-state index contributed by atoms with van der Waals surface area (Å²) in [5.41, 5.74) is 5.37. The van der Waals surface area contributed by atoms with Crippen LogP contribution in [0.15, 0.2) is 0 Å². The Morgan fingerprint density at radius 3 is 1.38 bits per heavy atom. The van der Waals surface area contributed by atoms with Crippen molar-refractivity contribution in [2.45, 2.75) is 96.8 Å². The Kier molecular flexibility index (Phi) is 22.5. The van der Waals surface area contributed by atoms with Gasteiger partial charge < -0.3 is 11.1 Å². The average Bonchev–Trinajstić information content (AvgIpc) is 2.43. The zero-order valence-corrected chi connectivity index (χ0v) is 16.5. The van der Waals surface area contributed by atoms with Gasteiger partial charge in [0.05, 0.1) is 0 Å². The third kappa shape index (κ3) is 22.6. The first kappa shape index (κ1) is 23.4. The lowest BCUT2D eigenvalue weighted by atomic mass is 10.0. The van der Waals surface area contributed by atoms with Gasteiger partial charge in [0.15, 0.2) is 5.11 Å². The predicted octanol–water partition coefficient (Wildman–Crippen LogP) is 5.88. The van der Waals surface area contributed by atoms with Crippen LogP contribution in [0.2, 0.25) is 0 Å². The normalized spacial score (nSPS) is 10.1. The molecule has 0 rings (SSSR count). The minimum Gasteiger partial charge on any atom is -0.376 e. The van der Waals surface area contributed by atoms with Crippen molar-refractivity contribution in [2.24, 2.45) is 5.73 Å². The highest BCUT2D eigenvalue weighted by molar-refractivity contribution is 8.93. The first-order valence-electron chi connectivity index (χ1n) is 8.80. The molecule has 0 amide bonds. The smallest absolute Gasteiger partial charge is 0.163 e. The van der Waals surface area contributed by atoms with Gasteiger partial charge >= 0.3 is 0 Å². The molecule has 0 atom stereocenters. The molecule has 3 N–H and O–H groups in total. The number of halogens is 1. The van der Waals surface area contributed by atoms with Crippen LogP contribution >= 0.6 is 29.2 Å². The SMILES string of the molecule is Br.CCCCCCCCCCCCCCCCNC(N)=S. The van der Waals surface area contributed by atoms with Gasteiger partial charge in [-0.2, -0.15) is 0 Å². The second-order valence-electron chi connectivity index (χ2n) is 5.89. The molecule has 0 aliphatic carbocycles. The zero-order valence-electron chi connectivity index (χ0n) is 14.0. The van der Waals surface area contributed by atoms with E-state index in [-0.39, 0.29) is 17.0 Å². The number of rotatable bonds is 15. The minimum absolute atomic E-state index is 0. The first-order chi connectivity index (χ1) is 9.77. The lowest BCUT2D eigenvalue weighted by molar-refractivity contribution is 0.535. The summed E-state index contributed by atoms with van der Waals surface area (Å²) in [6.45, 7) is 3.22. The number of hydrogen-bond donors (Lipinski definition) is 2. The summed E-state index contributed by atoms with van der Waals surface area (Å²) >= 11 is 4.76. The Bertz CT molecular complexity index is 213. The minimum atomic E-state index is 0. The molecule has 0 bridgehead atoms. The van der Waals surface area contributed by atoms with Crippen molar-refractivity contribution in [2.75, 3.05) is 6.54 Å². The molecule has 128 valence electrons. The van der Waals surface area contributed by atoms with E-state index in [0.29, 0.717) is 5.11 Å². The zero-order chi connectivity index (χ0) is 14.9. The summed E-state index contributed by atoms with van der Waals surface area (Å²) in [6, 6.07) is 0. The van der Waals surface area contributed by atoms with E-state index in [2.05, 4.69) is 12.2 Å². The van der Waals surface area contributed by atoms with Crippen LogP contribution in [0.1, 0.15) is 96.8 Å². The molecule has 0 heterocycles. The quantitative estimate of drug-likeness (QED) is 0.275. The van der Waals surface area contributed by atoms with Crippen LogP contribution in [0.4, 0.5) is 0 Å². The maximum Gasteiger partial charge on any atom is 0.163 e. The number of nitrogens with one attached hydrogen (secondary N) is 1. The fourth-order valence-electron chi connectivity index (χ4n) is 2.53. The summed E-state index contributed by atoms with van der Waals surface area (Å²) in [6.07, 6.45) is 19.6. The number of thiocarbonyl (C=S) groups is 1. The van der Waals surface area contributed by atoms with Crippen LogP contribution in [0.5, 0.6) is 0 Å². The van der Waals surface area contributed by atoms with Crippen LogP contribution in [-0.4, -0.2) is 11.7 Å². The Hall–Kier alpha value is 0.170. The van der Waals surface area contributed by atoms with Gasteiger partial charge in [-0.1, -0.05) is 90.4 Å². The Morgan fingerprint density at radius 1 is 0.714 bits per heavy atom. The summed E-state index contributed by atoms with van der Waals surface area (Å²) in [5, 5.41) is 3.43. The highest BCUT2D eigenvalue weighted by Crippen LogP contribution is 2.12. The molecule has 0 aliphatic heterocycles. The largest absolute Gasteiger partial charge is 0.376 e. The Labute approximate surface area is 148 Å². The fraction of sp³-hybridized carbons (Fsp3) is 0.941. The van der Waals surface area contributed by atoms with Crippen LogP contribution < -0.4 is 11.1 Å². The van der Waals surface area contributed by atoms with Crippen molar-refractivity contribution in [3.05, 3.63) is 0 Å². The van der Waals surface area contributed by atoms with Gasteiger partial charge in [0.25, 0.3) is 0 Å². The molecule has 0 spiro atoms. The summed E-state index contributed by atoms with van der Waals surface area (Å²) in [4.78, 5) is 0.